The van der Waals surface area contributed by atoms with Crippen LogP contribution >= 0.6 is 0 Å². The van der Waals surface area contributed by atoms with Gasteiger partial charge < -0.3 is 4.79 Å². The minimum absolute atomic E-state index is 0.0233. The Morgan fingerprint density at radius 2 is 2.27 bits per heavy atom. The van der Waals surface area contributed by atoms with Crippen LogP contribution in [0.5, 0.6) is 0 Å². The van der Waals surface area contributed by atoms with Crippen molar-refractivity contribution in [3.8, 4) is 0 Å². The van der Waals surface area contributed by atoms with Crippen molar-refractivity contribution in [1.29, 1.82) is 0 Å². The minimum atomic E-state index is -0.0392. The van der Waals surface area contributed by atoms with Crippen molar-refractivity contribution in [3.05, 3.63) is 11.6 Å². The highest BCUT2D eigenvalue weighted by atomic mass is 16.1. The molecular formula is C9H12O2. The molecule has 0 saturated carbocycles. The van der Waals surface area contributed by atoms with E-state index in [1.165, 1.54) is 0 Å². The molecule has 1 aliphatic rings. The number of hydrogen-bond donors (Lipinski definition) is 0. The Morgan fingerprint density at radius 1 is 1.64 bits per heavy atom. The van der Waals surface area contributed by atoms with Gasteiger partial charge in [-0.15, -0.1) is 0 Å². The predicted molar refractivity (Wildman–Crippen MR) is 42.1 cm³/mol. The van der Waals surface area contributed by atoms with Crippen molar-refractivity contribution in [2.24, 2.45) is 11.8 Å². The van der Waals surface area contributed by atoms with Crippen LogP contribution in [0, 0.1) is 11.8 Å². The Kier molecular flexibility index (Phi) is 2.22. The molecule has 0 aromatic carbocycles. The zero-order valence-corrected chi connectivity index (χ0v) is 6.83. The molecule has 0 aromatic rings. The highest BCUT2D eigenvalue weighted by Gasteiger charge is 2.23. The van der Waals surface area contributed by atoms with E-state index >= 15 is 0 Å². The fourth-order valence-corrected chi connectivity index (χ4v) is 1.47. The molecule has 11 heavy (non-hydrogen) atoms. The molecule has 0 aromatic heterocycles. The van der Waals surface area contributed by atoms with Gasteiger partial charge in [0.25, 0.3) is 0 Å². The molecule has 2 heteroatoms. The van der Waals surface area contributed by atoms with Gasteiger partial charge in [-0.2, -0.15) is 0 Å². The Hall–Kier alpha value is -0.920. The van der Waals surface area contributed by atoms with Crippen LogP contribution in [-0.4, -0.2) is 12.1 Å². The van der Waals surface area contributed by atoms with Crippen molar-refractivity contribution in [1.82, 2.24) is 0 Å². The predicted octanol–water partition coefficient (Wildman–Crippen LogP) is 1.36. The normalized spacial score (nSPS) is 31.5. The average molecular weight is 152 g/mol. The number of carbonyl (C=O) groups is 2. The molecule has 0 fully saturated rings. The van der Waals surface area contributed by atoms with Gasteiger partial charge in [0.15, 0.2) is 5.78 Å². The smallest absolute Gasteiger partial charge is 0.161 e. The highest BCUT2D eigenvalue weighted by molar-refractivity contribution is 5.98. The molecule has 0 bridgehead atoms. The Labute approximate surface area is 66.3 Å². The summed E-state index contributed by atoms with van der Waals surface area (Å²) in [6.45, 7) is 3.64. The van der Waals surface area contributed by atoms with Crippen LogP contribution in [0.3, 0.4) is 0 Å². The second kappa shape index (κ2) is 2.99. The SMILES string of the molecule is CC1=CC(C=O)CC(C)C1=O. The van der Waals surface area contributed by atoms with Crippen molar-refractivity contribution < 1.29 is 9.59 Å². The van der Waals surface area contributed by atoms with E-state index in [4.69, 9.17) is 0 Å². The van der Waals surface area contributed by atoms with E-state index < -0.39 is 0 Å². The van der Waals surface area contributed by atoms with E-state index in [0.29, 0.717) is 6.42 Å². The molecule has 0 spiro atoms. The first-order valence-electron chi connectivity index (χ1n) is 3.83. The zero-order valence-electron chi connectivity index (χ0n) is 6.83. The minimum Gasteiger partial charge on any atom is -0.303 e. The summed E-state index contributed by atoms with van der Waals surface area (Å²) < 4.78 is 0. The summed E-state index contributed by atoms with van der Waals surface area (Å²) in [6, 6.07) is 0. The van der Waals surface area contributed by atoms with E-state index in [1.54, 1.807) is 13.0 Å². The Balaban J connectivity index is 2.84. The first kappa shape index (κ1) is 8.18. The number of aldehydes is 1. The van der Waals surface area contributed by atoms with E-state index in [0.717, 1.165) is 11.9 Å². The molecule has 2 atom stereocenters. The van der Waals surface area contributed by atoms with Crippen LogP contribution in [0.4, 0.5) is 0 Å². The van der Waals surface area contributed by atoms with E-state index in [2.05, 4.69) is 0 Å². The van der Waals surface area contributed by atoms with Crippen molar-refractivity contribution in [3.63, 3.8) is 0 Å². The second-order valence-electron chi connectivity index (χ2n) is 3.15. The third kappa shape index (κ3) is 1.56. The summed E-state index contributed by atoms with van der Waals surface area (Å²) >= 11 is 0. The van der Waals surface area contributed by atoms with Gasteiger partial charge in [-0.1, -0.05) is 13.0 Å². The average Bonchev–Trinajstić information content (AvgIpc) is 1.99. The first-order valence-corrected chi connectivity index (χ1v) is 3.83. The standard InChI is InChI=1S/C9H12O2/c1-6-3-8(5-10)4-7(2)9(6)11/h3,5,7-8H,4H2,1-2H3. The molecule has 60 valence electrons. The van der Waals surface area contributed by atoms with Crippen molar-refractivity contribution in [2.75, 3.05) is 0 Å². The molecular weight excluding hydrogens is 140 g/mol. The van der Waals surface area contributed by atoms with Gasteiger partial charge in [-0.3, -0.25) is 4.79 Å². The Bertz CT molecular complexity index is 216. The summed E-state index contributed by atoms with van der Waals surface area (Å²) in [5.74, 6) is 0.168. The van der Waals surface area contributed by atoms with Crippen LogP contribution in [0.25, 0.3) is 0 Å². The van der Waals surface area contributed by atoms with Crippen molar-refractivity contribution >= 4 is 12.1 Å². The van der Waals surface area contributed by atoms with Gasteiger partial charge >= 0.3 is 0 Å². The monoisotopic (exact) mass is 152 g/mol. The summed E-state index contributed by atoms with van der Waals surface area (Å²) in [5, 5.41) is 0. The molecule has 2 nitrogen and oxygen atoms in total. The molecule has 1 rings (SSSR count). The molecule has 0 amide bonds. The number of ketones is 1. The fraction of sp³-hybridized carbons (Fsp3) is 0.556. The maximum atomic E-state index is 11.2. The Morgan fingerprint density at radius 3 is 2.73 bits per heavy atom. The van der Waals surface area contributed by atoms with Gasteiger partial charge in [0.1, 0.15) is 6.29 Å². The van der Waals surface area contributed by atoms with Gasteiger partial charge in [0, 0.05) is 11.8 Å². The number of carbonyl (C=O) groups excluding carboxylic acids is 2. The fourth-order valence-electron chi connectivity index (χ4n) is 1.47. The maximum absolute atomic E-state index is 11.2. The van der Waals surface area contributed by atoms with Gasteiger partial charge in [0.05, 0.1) is 0 Å². The van der Waals surface area contributed by atoms with Crippen LogP contribution in [0.2, 0.25) is 0 Å². The lowest BCUT2D eigenvalue weighted by atomic mass is 9.84. The number of allylic oxidation sites excluding steroid dienone is 2. The van der Waals surface area contributed by atoms with E-state index in [9.17, 15) is 9.59 Å². The van der Waals surface area contributed by atoms with E-state index in [1.807, 2.05) is 6.92 Å². The van der Waals surface area contributed by atoms with E-state index in [-0.39, 0.29) is 17.6 Å². The number of hydrogen-bond acceptors (Lipinski definition) is 2. The van der Waals surface area contributed by atoms with Gasteiger partial charge in [0.2, 0.25) is 0 Å². The summed E-state index contributed by atoms with van der Waals surface area (Å²) in [4.78, 5) is 21.6. The number of Topliss-reactive ketones (excluding diaryl/α,β-unsaturated/α-hetero) is 1. The third-order valence-corrected chi connectivity index (χ3v) is 2.10. The topological polar surface area (TPSA) is 34.1 Å². The summed E-state index contributed by atoms with van der Waals surface area (Å²) in [5.41, 5.74) is 0.737. The summed E-state index contributed by atoms with van der Waals surface area (Å²) in [7, 11) is 0. The lowest BCUT2D eigenvalue weighted by Crippen LogP contribution is -2.21. The summed E-state index contributed by atoms with van der Waals surface area (Å²) in [6.07, 6.45) is 3.35. The van der Waals surface area contributed by atoms with Gasteiger partial charge in [-0.25, -0.2) is 0 Å². The van der Waals surface area contributed by atoms with Crippen LogP contribution in [0.15, 0.2) is 11.6 Å². The van der Waals surface area contributed by atoms with Crippen LogP contribution in [-0.2, 0) is 9.59 Å². The highest BCUT2D eigenvalue weighted by Crippen LogP contribution is 2.23. The second-order valence-corrected chi connectivity index (χ2v) is 3.15. The molecule has 1 aliphatic carbocycles. The third-order valence-electron chi connectivity index (χ3n) is 2.10. The first-order chi connectivity index (χ1) is 5.15. The largest absolute Gasteiger partial charge is 0.303 e. The molecule has 0 saturated heterocycles. The molecule has 2 unspecified atom stereocenters. The molecule has 0 radical (unpaired) electrons. The van der Waals surface area contributed by atoms with Gasteiger partial charge in [-0.05, 0) is 18.9 Å². The molecule has 0 N–H and O–H groups in total. The molecule has 0 aliphatic heterocycles. The van der Waals surface area contributed by atoms with Crippen LogP contribution in [0.1, 0.15) is 20.3 Å². The lowest BCUT2D eigenvalue weighted by molar-refractivity contribution is -0.120. The maximum Gasteiger partial charge on any atom is 0.161 e. The zero-order chi connectivity index (χ0) is 8.43. The van der Waals surface area contributed by atoms with Crippen molar-refractivity contribution in [2.45, 2.75) is 20.3 Å². The lowest BCUT2D eigenvalue weighted by Gasteiger charge is -2.19. The van der Waals surface area contributed by atoms with Crippen LogP contribution < -0.4 is 0 Å². The quantitative estimate of drug-likeness (QED) is 0.531. The molecule has 0 heterocycles. The number of rotatable bonds is 1.